The number of rotatable bonds is 6. The lowest BCUT2D eigenvalue weighted by Gasteiger charge is -2.18. The lowest BCUT2D eigenvalue weighted by Crippen LogP contribution is -2.30. The Morgan fingerprint density at radius 3 is 2.83 bits per heavy atom. The van der Waals surface area contributed by atoms with Gasteiger partial charge in [-0.2, -0.15) is 0 Å². The second-order valence-electron chi connectivity index (χ2n) is 10.1. The summed E-state index contributed by atoms with van der Waals surface area (Å²) < 4.78 is 7.99. The number of aromatic nitrogens is 6. The zero-order chi connectivity index (χ0) is 27.6. The van der Waals surface area contributed by atoms with Crippen LogP contribution in [0.25, 0.3) is 22.2 Å². The Labute approximate surface area is 231 Å². The Morgan fingerprint density at radius 1 is 1.07 bits per heavy atom. The fourth-order valence-electron chi connectivity index (χ4n) is 5.17. The third-order valence-corrected chi connectivity index (χ3v) is 7.33. The molecule has 1 aliphatic rings. The van der Waals surface area contributed by atoms with Gasteiger partial charge in [-0.3, -0.25) is 4.79 Å². The number of aryl methyl sites for hydroxylation is 2. The number of amides is 1. The molecule has 0 bridgehead atoms. The molecule has 10 heteroatoms. The Bertz CT molecular complexity index is 1730. The van der Waals surface area contributed by atoms with Crippen LogP contribution in [-0.4, -0.2) is 53.4 Å². The number of pyridine rings is 2. The summed E-state index contributed by atoms with van der Waals surface area (Å²) in [5, 5.41) is 3.42. The number of nitrogens with one attached hydrogen (secondary N) is 1. The number of ether oxygens (including phenoxy) is 1. The summed E-state index contributed by atoms with van der Waals surface area (Å²) in [6.45, 7) is 7.07. The standard InChI is InChI=1S/C30H30N8O2/c1-4-27(39)38-12-5-6-20(11-13-38)23-8-9-24-28(36-23)29(33-17-32-24)35-21-7-10-26(19(2)14-21)40-22-15-25-30(31-16-22)37(3)18-34-25/h4,7-10,14-18,20H,1,5-6,11-13H2,2-3H3,(H,32,33,35). The van der Waals surface area contributed by atoms with Gasteiger partial charge in [-0.05, 0) is 68.2 Å². The fourth-order valence-corrected chi connectivity index (χ4v) is 5.17. The van der Waals surface area contributed by atoms with Crippen molar-refractivity contribution in [1.29, 1.82) is 0 Å². The first kappa shape index (κ1) is 25.4. The number of hydrogen-bond donors (Lipinski definition) is 1. The monoisotopic (exact) mass is 534 g/mol. The number of anilines is 2. The molecule has 1 aromatic carbocycles. The minimum atomic E-state index is -0.00958. The number of carbonyl (C=O) groups excluding carboxylic acids is 1. The normalized spacial score (nSPS) is 15.7. The smallest absolute Gasteiger partial charge is 0.245 e. The van der Waals surface area contributed by atoms with Gasteiger partial charge in [0.15, 0.2) is 11.5 Å². The molecule has 1 aliphatic heterocycles. The van der Waals surface area contributed by atoms with Crippen LogP contribution < -0.4 is 10.1 Å². The molecule has 1 N–H and O–H groups in total. The molecule has 5 aromatic rings. The van der Waals surface area contributed by atoms with Crippen molar-refractivity contribution in [1.82, 2.24) is 34.4 Å². The Hall–Kier alpha value is -4.86. The Balaban J connectivity index is 1.21. The number of carbonyl (C=O) groups is 1. The summed E-state index contributed by atoms with van der Waals surface area (Å²) in [4.78, 5) is 36.7. The van der Waals surface area contributed by atoms with Crippen molar-refractivity contribution in [2.24, 2.45) is 7.05 Å². The molecule has 10 nitrogen and oxygen atoms in total. The molecular weight excluding hydrogens is 504 g/mol. The molecule has 202 valence electrons. The molecule has 0 saturated carbocycles. The van der Waals surface area contributed by atoms with Crippen molar-refractivity contribution in [3.8, 4) is 11.5 Å². The van der Waals surface area contributed by atoms with Gasteiger partial charge in [-0.1, -0.05) is 6.58 Å². The van der Waals surface area contributed by atoms with Crippen LogP contribution in [0.4, 0.5) is 11.5 Å². The molecule has 0 spiro atoms. The quantitative estimate of drug-likeness (QED) is 0.287. The average molecular weight is 535 g/mol. The number of benzene rings is 1. The Morgan fingerprint density at radius 2 is 1.98 bits per heavy atom. The van der Waals surface area contributed by atoms with Crippen molar-refractivity contribution in [2.75, 3.05) is 18.4 Å². The minimum absolute atomic E-state index is 0.00958. The highest BCUT2D eigenvalue weighted by molar-refractivity contribution is 5.87. The number of imidazole rings is 1. The van der Waals surface area contributed by atoms with E-state index in [2.05, 4.69) is 31.8 Å². The van der Waals surface area contributed by atoms with Crippen LogP contribution >= 0.6 is 0 Å². The minimum Gasteiger partial charge on any atom is -0.455 e. The average Bonchev–Trinajstić information content (AvgIpc) is 3.16. The van der Waals surface area contributed by atoms with E-state index in [4.69, 9.17) is 9.72 Å². The molecule has 1 unspecified atom stereocenters. The van der Waals surface area contributed by atoms with Crippen LogP contribution in [0.1, 0.15) is 36.4 Å². The molecule has 0 aliphatic carbocycles. The van der Waals surface area contributed by atoms with E-state index in [1.807, 2.05) is 59.8 Å². The highest BCUT2D eigenvalue weighted by Gasteiger charge is 2.22. The molecule has 1 amide bonds. The van der Waals surface area contributed by atoms with Crippen molar-refractivity contribution in [3.63, 3.8) is 0 Å². The summed E-state index contributed by atoms with van der Waals surface area (Å²) in [6.07, 6.45) is 9.13. The molecule has 1 fully saturated rings. The predicted octanol–water partition coefficient (Wildman–Crippen LogP) is 5.43. The van der Waals surface area contributed by atoms with E-state index in [0.717, 1.165) is 70.7 Å². The summed E-state index contributed by atoms with van der Waals surface area (Å²) in [6, 6.07) is 11.8. The van der Waals surface area contributed by atoms with Gasteiger partial charge in [0.2, 0.25) is 5.91 Å². The van der Waals surface area contributed by atoms with E-state index in [9.17, 15) is 4.79 Å². The molecule has 4 aromatic heterocycles. The van der Waals surface area contributed by atoms with Gasteiger partial charge in [-0.25, -0.2) is 24.9 Å². The zero-order valence-electron chi connectivity index (χ0n) is 22.5. The maximum atomic E-state index is 12.1. The van der Waals surface area contributed by atoms with Crippen LogP contribution in [0, 0.1) is 6.92 Å². The van der Waals surface area contributed by atoms with Crippen molar-refractivity contribution < 1.29 is 9.53 Å². The summed E-state index contributed by atoms with van der Waals surface area (Å²) >= 11 is 0. The maximum absolute atomic E-state index is 12.1. The van der Waals surface area contributed by atoms with Crippen LogP contribution in [-0.2, 0) is 11.8 Å². The first-order valence-electron chi connectivity index (χ1n) is 13.3. The van der Waals surface area contributed by atoms with Gasteiger partial charge in [0.1, 0.15) is 28.9 Å². The molecule has 5 heterocycles. The van der Waals surface area contributed by atoms with E-state index in [-0.39, 0.29) is 11.8 Å². The highest BCUT2D eigenvalue weighted by Crippen LogP contribution is 2.32. The van der Waals surface area contributed by atoms with E-state index in [0.29, 0.717) is 18.1 Å². The lowest BCUT2D eigenvalue weighted by molar-refractivity contribution is -0.125. The lowest BCUT2D eigenvalue weighted by atomic mass is 9.96. The molecule has 6 rings (SSSR count). The van der Waals surface area contributed by atoms with Gasteiger partial charge >= 0.3 is 0 Å². The predicted molar refractivity (Wildman–Crippen MR) is 154 cm³/mol. The van der Waals surface area contributed by atoms with E-state index < -0.39 is 0 Å². The molecule has 0 radical (unpaired) electrons. The number of likely N-dealkylation sites (tertiary alicyclic amines) is 1. The van der Waals surface area contributed by atoms with E-state index in [1.54, 1.807) is 18.9 Å². The second kappa shape index (κ2) is 10.7. The van der Waals surface area contributed by atoms with Crippen LogP contribution in [0.5, 0.6) is 11.5 Å². The SMILES string of the molecule is C=CC(=O)N1CCCC(c2ccc3ncnc(Nc4ccc(Oc5cnc6c(c5)ncn6C)c(C)c4)c3n2)CC1. The second-order valence-corrected chi connectivity index (χ2v) is 10.1. The summed E-state index contributed by atoms with van der Waals surface area (Å²) in [5.74, 6) is 2.25. The van der Waals surface area contributed by atoms with Crippen molar-refractivity contribution in [3.05, 3.63) is 79.2 Å². The first-order chi connectivity index (χ1) is 19.5. The van der Waals surface area contributed by atoms with E-state index >= 15 is 0 Å². The zero-order valence-corrected chi connectivity index (χ0v) is 22.5. The largest absolute Gasteiger partial charge is 0.455 e. The third kappa shape index (κ3) is 5.07. The van der Waals surface area contributed by atoms with Crippen molar-refractivity contribution in [2.45, 2.75) is 32.1 Å². The van der Waals surface area contributed by atoms with Crippen LogP contribution in [0.3, 0.4) is 0 Å². The maximum Gasteiger partial charge on any atom is 0.245 e. The topological polar surface area (TPSA) is 111 Å². The highest BCUT2D eigenvalue weighted by atomic mass is 16.5. The summed E-state index contributed by atoms with van der Waals surface area (Å²) in [5.41, 5.74) is 5.89. The van der Waals surface area contributed by atoms with E-state index in [1.165, 1.54) is 6.08 Å². The molecule has 1 saturated heterocycles. The van der Waals surface area contributed by atoms with Gasteiger partial charge in [-0.15, -0.1) is 0 Å². The summed E-state index contributed by atoms with van der Waals surface area (Å²) in [7, 11) is 1.91. The molecule has 40 heavy (non-hydrogen) atoms. The number of fused-ring (bicyclic) bond motifs is 2. The Kier molecular flexibility index (Phi) is 6.81. The van der Waals surface area contributed by atoms with Gasteiger partial charge < -0.3 is 19.5 Å². The number of hydrogen-bond acceptors (Lipinski definition) is 8. The van der Waals surface area contributed by atoms with Gasteiger partial charge in [0, 0.05) is 43.5 Å². The van der Waals surface area contributed by atoms with Crippen LogP contribution in [0.2, 0.25) is 0 Å². The van der Waals surface area contributed by atoms with Gasteiger partial charge in [0.05, 0.1) is 18.0 Å². The molecular formula is C30H30N8O2. The van der Waals surface area contributed by atoms with Crippen molar-refractivity contribution >= 4 is 39.6 Å². The molecule has 1 atom stereocenters. The first-order valence-corrected chi connectivity index (χ1v) is 13.3. The van der Waals surface area contributed by atoms with Crippen LogP contribution in [0.15, 0.2) is 67.9 Å². The number of nitrogens with zero attached hydrogens (tertiary/aromatic N) is 7. The fraction of sp³-hybridized carbons (Fsp3) is 0.267. The van der Waals surface area contributed by atoms with Gasteiger partial charge in [0.25, 0.3) is 0 Å². The third-order valence-electron chi connectivity index (χ3n) is 7.33.